The molecule has 0 spiro atoms. The van der Waals surface area contributed by atoms with Crippen LogP contribution in [0.15, 0.2) is 60.7 Å². The SMILES string of the molecule is COCO[C@H]1[C@H](OCOC)C(=O)N(C(=O)OC(C)(C)C)[C@@H]1CO[Si](c1ccccc1)(c1ccccc1)C(C)(C)C. The topological polar surface area (TPSA) is 92.8 Å². The van der Waals surface area contributed by atoms with Gasteiger partial charge in [-0.1, -0.05) is 81.4 Å². The molecule has 2 aromatic rings. The Balaban J connectivity index is 2.12. The van der Waals surface area contributed by atoms with Crippen molar-refractivity contribution in [1.29, 1.82) is 0 Å². The van der Waals surface area contributed by atoms with E-state index < -0.39 is 44.2 Å². The first-order valence-electron chi connectivity index (χ1n) is 13.4. The molecule has 3 rings (SSSR count). The second kappa shape index (κ2) is 13.4. The second-order valence-electron chi connectivity index (χ2n) is 11.8. The zero-order valence-corrected chi connectivity index (χ0v) is 25.8. The van der Waals surface area contributed by atoms with Gasteiger partial charge in [0, 0.05) is 14.2 Å². The maximum absolute atomic E-state index is 13.7. The molecule has 40 heavy (non-hydrogen) atoms. The van der Waals surface area contributed by atoms with Gasteiger partial charge in [0.15, 0.2) is 6.10 Å². The molecule has 1 heterocycles. The van der Waals surface area contributed by atoms with Gasteiger partial charge < -0.3 is 28.1 Å². The van der Waals surface area contributed by atoms with Crippen LogP contribution in [-0.2, 0) is 32.9 Å². The van der Waals surface area contributed by atoms with Crippen molar-refractivity contribution in [1.82, 2.24) is 4.90 Å². The highest BCUT2D eigenvalue weighted by Gasteiger charge is 2.56. The number of imide groups is 1. The minimum atomic E-state index is -3.00. The Hall–Kier alpha value is -2.60. The molecule has 1 saturated heterocycles. The van der Waals surface area contributed by atoms with Gasteiger partial charge in [0.2, 0.25) is 0 Å². The van der Waals surface area contributed by atoms with E-state index in [0.29, 0.717) is 0 Å². The Bertz CT molecular complexity index is 1060. The summed E-state index contributed by atoms with van der Waals surface area (Å²) in [6.07, 6.45) is -2.79. The van der Waals surface area contributed by atoms with Crippen LogP contribution in [0.5, 0.6) is 0 Å². The average molecular weight is 574 g/mol. The number of methoxy groups -OCH3 is 2. The van der Waals surface area contributed by atoms with E-state index in [4.69, 9.17) is 28.1 Å². The molecule has 0 radical (unpaired) electrons. The summed E-state index contributed by atoms with van der Waals surface area (Å²) in [4.78, 5) is 28.2. The predicted molar refractivity (Wildman–Crippen MR) is 154 cm³/mol. The quantitative estimate of drug-likeness (QED) is 0.297. The number of hydrogen-bond acceptors (Lipinski definition) is 8. The van der Waals surface area contributed by atoms with E-state index in [9.17, 15) is 9.59 Å². The van der Waals surface area contributed by atoms with E-state index in [1.54, 1.807) is 20.8 Å². The highest BCUT2D eigenvalue weighted by Crippen LogP contribution is 2.38. The van der Waals surface area contributed by atoms with E-state index >= 15 is 0 Å². The molecular weight excluding hydrogens is 530 g/mol. The van der Waals surface area contributed by atoms with Crippen LogP contribution in [-0.4, -0.2) is 83.5 Å². The molecule has 1 aliphatic heterocycles. The van der Waals surface area contributed by atoms with Gasteiger partial charge in [-0.25, -0.2) is 9.69 Å². The van der Waals surface area contributed by atoms with Gasteiger partial charge in [-0.3, -0.25) is 4.79 Å². The van der Waals surface area contributed by atoms with E-state index in [2.05, 4.69) is 45.0 Å². The van der Waals surface area contributed by atoms with Crippen LogP contribution in [0.1, 0.15) is 41.5 Å². The maximum atomic E-state index is 13.7. The Morgan fingerprint density at radius 3 is 1.77 bits per heavy atom. The number of carbonyl (C=O) groups is 2. The number of hydrogen-bond donors (Lipinski definition) is 0. The van der Waals surface area contributed by atoms with Crippen molar-refractivity contribution in [3.8, 4) is 0 Å². The summed E-state index contributed by atoms with van der Waals surface area (Å²) in [6.45, 7) is 11.5. The number of carbonyl (C=O) groups excluding carboxylic acids is 2. The van der Waals surface area contributed by atoms with Crippen LogP contribution >= 0.6 is 0 Å². The Kier molecular flexibility index (Phi) is 10.7. The smallest absolute Gasteiger partial charge is 0.417 e. The van der Waals surface area contributed by atoms with Gasteiger partial charge in [0.1, 0.15) is 25.3 Å². The lowest BCUT2D eigenvalue weighted by atomic mass is 10.1. The standard InChI is InChI=1S/C30H43NO8Si/c1-29(2,3)39-28(33)31-24(25(36-20-34-7)26(27(31)32)37-21-35-8)19-38-40(30(4,5)6,22-15-11-9-12-16-22)23-17-13-10-14-18-23/h9-18,24-26H,19-21H2,1-8H3/t24-,25-,26+/m1/s1. The number of benzene rings is 2. The number of likely N-dealkylation sites (tertiary alicyclic amines) is 1. The fraction of sp³-hybridized carbons (Fsp3) is 0.533. The first kappa shape index (κ1) is 31.9. The number of amides is 2. The van der Waals surface area contributed by atoms with E-state index in [1.807, 2.05) is 36.4 Å². The molecule has 1 fully saturated rings. The summed E-state index contributed by atoms with van der Waals surface area (Å²) in [6, 6.07) is 19.4. The highest BCUT2D eigenvalue weighted by molar-refractivity contribution is 6.99. The Morgan fingerprint density at radius 1 is 0.825 bits per heavy atom. The van der Waals surface area contributed by atoms with Gasteiger partial charge in [-0.05, 0) is 36.2 Å². The number of ether oxygens (including phenoxy) is 5. The van der Waals surface area contributed by atoms with Crippen molar-refractivity contribution in [2.24, 2.45) is 0 Å². The molecule has 0 saturated carbocycles. The van der Waals surface area contributed by atoms with Gasteiger partial charge in [0.05, 0.1) is 12.6 Å². The molecule has 0 unspecified atom stereocenters. The zero-order valence-electron chi connectivity index (χ0n) is 24.8. The summed E-state index contributed by atoms with van der Waals surface area (Å²) in [5, 5.41) is 1.83. The summed E-state index contributed by atoms with van der Waals surface area (Å²) in [5.41, 5.74) is -0.824. The van der Waals surface area contributed by atoms with Gasteiger partial charge in [-0.15, -0.1) is 0 Å². The molecule has 220 valence electrons. The molecule has 0 aromatic heterocycles. The van der Waals surface area contributed by atoms with Crippen molar-refractivity contribution >= 4 is 30.7 Å². The van der Waals surface area contributed by atoms with E-state index in [0.717, 1.165) is 15.3 Å². The first-order valence-corrected chi connectivity index (χ1v) is 15.3. The first-order chi connectivity index (χ1) is 18.9. The molecule has 9 nitrogen and oxygen atoms in total. The maximum Gasteiger partial charge on any atom is 0.417 e. The lowest BCUT2D eigenvalue weighted by Crippen LogP contribution is -2.67. The molecule has 0 bridgehead atoms. The van der Waals surface area contributed by atoms with Gasteiger partial charge >= 0.3 is 6.09 Å². The minimum Gasteiger partial charge on any atom is -0.443 e. The third-order valence-corrected chi connectivity index (χ3v) is 11.7. The fourth-order valence-electron chi connectivity index (χ4n) is 5.12. The van der Waals surface area contributed by atoms with E-state index in [-0.39, 0.29) is 25.2 Å². The third-order valence-electron chi connectivity index (χ3n) is 6.71. The van der Waals surface area contributed by atoms with Crippen molar-refractivity contribution in [3.63, 3.8) is 0 Å². The summed E-state index contributed by atoms with van der Waals surface area (Å²) >= 11 is 0. The predicted octanol–water partition coefficient (Wildman–Crippen LogP) is 3.69. The highest BCUT2D eigenvalue weighted by atomic mass is 28.4. The van der Waals surface area contributed by atoms with Gasteiger partial charge in [-0.2, -0.15) is 0 Å². The van der Waals surface area contributed by atoms with Crippen LogP contribution < -0.4 is 10.4 Å². The van der Waals surface area contributed by atoms with Crippen molar-refractivity contribution < 1.29 is 37.7 Å². The third kappa shape index (κ3) is 6.99. The molecule has 2 aromatic carbocycles. The zero-order chi connectivity index (χ0) is 29.6. The Morgan fingerprint density at radius 2 is 1.32 bits per heavy atom. The van der Waals surface area contributed by atoms with Gasteiger partial charge in [0.25, 0.3) is 14.2 Å². The molecule has 2 amide bonds. The molecule has 1 aliphatic rings. The van der Waals surface area contributed by atoms with E-state index in [1.165, 1.54) is 14.2 Å². The number of nitrogens with zero attached hydrogens (tertiary/aromatic N) is 1. The van der Waals surface area contributed by atoms with Crippen molar-refractivity contribution in [2.75, 3.05) is 34.4 Å². The Labute approximate surface area is 238 Å². The largest absolute Gasteiger partial charge is 0.443 e. The van der Waals surface area contributed by atoms with Crippen LogP contribution in [0, 0.1) is 0 Å². The second-order valence-corrected chi connectivity index (χ2v) is 16.1. The summed E-state index contributed by atoms with van der Waals surface area (Å²) < 4.78 is 34.7. The van der Waals surface area contributed by atoms with Crippen molar-refractivity contribution in [2.45, 2.75) is 70.4 Å². The monoisotopic (exact) mass is 573 g/mol. The molecule has 0 aliphatic carbocycles. The van der Waals surface area contributed by atoms with Crippen LogP contribution in [0.3, 0.4) is 0 Å². The average Bonchev–Trinajstić information content (AvgIpc) is 3.16. The normalized spacial score (nSPS) is 20.1. The summed E-state index contributed by atoms with van der Waals surface area (Å²) in [5.74, 6) is -0.580. The molecule has 0 N–H and O–H groups in total. The molecule has 3 atom stereocenters. The summed E-state index contributed by atoms with van der Waals surface area (Å²) in [7, 11) is -0.0553. The number of rotatable bonds is 11. The van der Waals surface area contributed by atoms with Crippen molar-refractivity contribution in [3.05, 3.63) is 60.7 Å². The molecule has 10 heteroatoms. The van der Waals surface area contributed by atoms with Crippen LogP contribution in [0.25, 0.3) is 0 Å². The lowest BCUT2D eigenvalue weighted by molar-refractivity contribution is -0.162. The van der Waals surface area contributed by atoms with Crippen LogP contribution in [0.2, 0.25) is 5.04 Å². The van der Waals surface area contributed by atoms with Crippen LogP contribution in [0.4, 0.5) is 4.79 Å². The lowest BCUT2D eigenvalue weighted by Gasteiger charge is -2.44. The minimum absolute atomic E-state index is 0.000509. The molecular formula is C30H43NO8Si. The fourth-order valence-corrected chi connectivity index (χ4v) is 9.70.